The van der Waals surface area contributed by atoms with E-state index in [0.717, 1.165) is 16.6 Å². The fourth-order valence-electron chi connectivity index (χ4n) is 2.88. The van der Waals surface area contributed by atoms with Crippen LogP contribution < -0.4 is 0 Å². The summed E-state index contributed by atoms with van der Waals surface area (Å²) in [6.45, 7) is 15.4. The summed E-state index contributed by atoms with van der Waals surface area (Å²) in [6.07, 6.45) is 3.83. The van der Waals surface area contributed by atoms with Crippen LogP contribution in [0.15, 0.2) is 47.6 Å². The zero-order chi connectivity index (χ0) is 18.8. The second-order valence-electron chi connectivity index (χ2n) is 8.68. The van der Waals surface area contributed by atoms with Gasteiger partial charge in [-0.1, -0.05) is 65.8 Å². The Kier molecular flexibility index (Phi) is 5.52. The minimum Gasteiger partial charge on any atom is -0.389 e. The molecule has 1 unspecified atom stereocenters. The summed E-state index contributed by atoms with van der Waals surface area (Å²) in [6, 6.07) is 7.88. The van der Waals surface area contributed by atoms with Crippen LogP contribution in [0.25, 0.3) is 11.0 Å². The van der Waals surface area contributed by atoms with Crippen molar-refractivity contribution in [3.05, 3.63) is 47.6 Å². The Morgan fingerprint density at radius 2 is 1.56 bits per heavy atom. The smallest absolute Gasteiger partial charge is 0.113 e. The Morgan fingerprint density at radius 3 is 1.96 bits per heavy atom. The van der Waals surface area contributed by atoms with Crippen LogP contribution in [0.5, 0.6) is 0 Å². The number of hydrogen-bond acceptors (Lipinski definition) is 3. The third-order valence-electron chi connectivity index (χ3n) is 4.30. The molecule has 1 atom stereocenters. The number of aromatic nitrogens is 3. The lowest BCUT2D eigenvalue weighted by Crippen LogP contribution is -2.21. The van der Waals surface area contributed by atoms with Gasteiger partial charge >= 0.3 is 0 Å². The predicted molar refractivity (Wildman–Crippen MR) is 104 cm³/mol. The molecule has 1 aromatic carbocycles. The average Bonchev–Trinajstić information content (AvgIpc) is 2.86. The van der Waals surface area contributed by atoms with Gasteiger partial charge < -0.3 is 5.11 Å². The first-order chi connectivity index (χ1) is 11.5. The van der Waals surface area contributed by atoms with Crippen LogP contribution >= 0.6 is 0 Å². The van der Waals surface area contributed by atoms with E-state index >= 15 is 0 Å². The molecule has 0 bridgehead atoms. The lowest BCUT2D eigenvalue weighted by atomic mass is 9.78. The fraction of sp³-hybridized carbons (Fsp3) is 0.524. The van der Waals surface area contributed by atoms with Gasteiger partial charge in [-0.15, -0.1) is 0 Å². The van der Waals surface area contributed by atoms with E-state index in [1.807, 2.05) is 31.2 Å². The van der Waals surface area contributed by atoms with Crippen LogP contribution in [0.3, 0.4) is 0 Å². The van der Waals surface area contributed by atoms with Gasteiger partial charge in [0.15, 0.2) is 0 Å². The van der Waals surface area contributed by atoms with E-state index in [2.05, 4.69) is 63.9 Å². The first kappa shape index (κ1) is 19.4. The van der Waals surface area contributed by atoms with Crippen molar-refractivity contribution in [3.63, 3.8) is 0 Å². The highest BCUT2D eigenvalue weighted by molar-refractivity contribution is 5.72. The van der Waals surface area contributed by atoms with Crippen LogP contribution in [-0.4, -0.2) is 26.2 Å². The summed E-state index contributed by atoms with van der Waals surface area (Å²) < 4.78 is 0. The first-order valence-electron chi connectivity index (χ1n) is 8.89. The quantitative estimate of drug-likeness (QED) is 0.816. The molecule has 0 aliphatic heterocycles. The molecule has 0 radical (unpaired) electrons. The number of benzene rings is 1. The van der Waals surface area contributed by atoms with Gasteiger partial charge in [0.1, 0.15) is 11.0 Å². The second kappa shape index (κ2) is 7.12. The highest BCUT2D eigenvalue weighted by Crippen LogP contribution is 2.34. The SMILES string of the molecule is CC(O)C(=CC(=CCn1nc2ccccc2n1)C(C)(C)C)C(C)(C)C. The average molecular weight is 341 g/mol. The predicted octanol–water partition coefficient (Wildman–Crippen LogP) is 4.76. The van der Waals surface area contributed by atoms with Gasteiger partial charge in [0, 0.05) is 0 Å². The summed E-state index contributed by atoms with van der Waals surface area (Å²) in [5.74, 6) is 0. The monoisotopic (exact) mass is 341 g/mol. The van der Waals surface area contributed by atoms with Gasteiger partial charge in [-0.2, -0.15) is 15.0 Å². The Balaban J connectivity index is 2.38. The molecule has 0 aliphatic carbocycles. The third-order valence-corrected chi connectivity index (χ3v) is 4.30. The molecule has 1 N–H and O–H groups in total. The van der Waals surface area contributed by atoms with Crippen LogP contribution in [-0.2, 0) is 6.54 Å². The molecule has 1 aromatic heterocycles. The highest BCUT2D eigenvalue weighted by Gasteiger charge is 2.24. The topological polar surface area (TPSA) is 50.9 Å². The maximum absolute atomic E-state index is 10.2. The number of allylic oxidation sites excluding steroid dienone is 3. The molecule has 0 amide bonds. The van der Waals surface area contributed by atoms with Gasteiger partial charge in [0.2, 0.25) is 0 Å². The van der Waals surface area contributed by atoms with Crippen molar-refractivity contribution in [3.8, 4) is 0 Å². The van der Waals surface area contributed by atoms with Gasteiger partial charge in [-0.05, 0) is 41.0 Å². The summed E-state index contributed by atoms with van der Waals surface area (Å²) in [5, 5.41) is 19.3. The number of nitrogens with zero attached hydrogens (tertiary/aromatic N) is 3. The van der Waals surface area contributed by atoms with Crippen molar-refractivity contribution in [2.45, 2.75) is 61.1 Å². The molecule has 2 aromatic rings. The Hall–Kier alpha value is -1.94. The summed E-state index contributed by atoms with van der Waals surface area (Å²) in [7, 11) is 0. The lowest BCUT2D eigenvalue weighted by Gasteiger charge is -2.29. The van der Waals surface area contributed by atoms with E-state index < -0.39 is 6.10 Å². The molecule has 4 heteroatoms. The van der Waals surface area contributed by atoms with Gasteiger partial charge in [-0.25, -0.2) is 0 Å². The van der Waals surface area contributed by atoms with E-state index in [1.165, 1.54) is 5.57 Å². The van der Waals surface area contributed by atoms with Crippen LogP contribution in [0.2, 0.25) is 0 Å². The summed E-state index contributed by atoms with van der Waals surface area (Å²) in [5.41, 5.74) is 3.91. The van der Waals surface area contributed by atoms with Crippen LogP contribution in [0.1, 0.15) is 48.5 Å². The molecule has 136 valence electrons. The Bertz CT molecular complexity index is 750. The molecule has 0 saturated carbocycles. The summed E-state index contributed by atoms with van der Waals surface area (Å²) >= 11 is 0. The molecular formula is C21H31N3O. The van der Waals surface area contributed by atoms with Gasteiger partial charge in [0.05, 0.1) is 12.6 Å². The van der Waals surface area contributed by atoms with E-state index in [1.54, 1.807) is 4.80 Å². The van der Waals surface area contributed by atoms with E-state index in [4.69, 9.17) is 0 Å². The summed E-state index contributed by atoms with van der Waals surface area (Å²) in [4.78, 5) is 1.73. The minimum atomic E-state index is -0.476. The number of aliphatic hydroxyl groups excluding tert-OH is 1. The Morgan fingerprint density at radius 1 is 1.04 bits per heavy atom. The lowest BCUT2D eigenvalue weighted by molar-refractivity contribution is 0.203. The van der Waals surface area contributed by atoms with Crippen molar-refractivity contribution in [2.75, 3.05) is 0 Å². The largest absolute Gasteiger partial charge is 0.389 e. The molecule has 0 fully saturated rings. The normalized spacial score (nSPS) is 15.7. The van der Waals surface area contributed by atoms with Gasteiger partial charge in [0.25, 0.3) is 0 Å². The molecule has 0 saturated heterocycles. The van der Waals surface area contributed by atoms with E-state index in [9.17, 15) is 5.11 Å². The van der Waals surface area contributed by atoms with Gasteiger partial charge in [-0.3, -0.25) is 0 Å². The molecule has 25 heavy (non-hydrogen) atoms. The number of aliphatic hydroxyl groups is 1. The van der Waals surface area contributed by atoms with Crippen molar-refractivity contribution >= 4 is 11.0 Å². The maximum atomic E-state index is 10.2. The number of rotatable bonds is 4. The minimum absolute atomic E-state index is 0.0298. The zero-order valence-corrected chi connectivity index (χ0v) is 16.5. The second-order valence-corrected chi connectivity index (χ2v) is 8.68. The van der Waals surface area contributed by atoms with Crippen molar-refractivity contribution in [1.82, 2.24) is 15.0 Å². The number of fused-ring (bicyclic) bond motifs is 1. The molecule has 4 nitrogen and oxygen atoms in total. The zero-order valence-electron chi connectivity index (χ0n) is 16.5. The van der Waals surface area contributed by atoms with Crippen LogP contribution in [0.4, 0.5) is 0 Å². The molecular weight excluding hydrogens is 310 g/mol. The van der Waals surface area contributed by atoms with Crippen LogP contribution in [0, 0.1) is 10.8 Å². The molecule has 0 spiro atoms. The standard InChI is InChI=1S/C21H31N3O/c1-15(25)17(21(5,6)7)14-16(20(2,3)4)12-13-24-22-18-10-8-9-11-19(18)23-24/h8-12,14-15,25H,13H2,1-7H3. The molecule has 0 aliphatic rings. The highest BCUT2D eigenvalue weighted by atomic mass is 16.3. The van der Waals surface area contributed by atoms with Crippen molar-refractivity contribution in [1.29, 1.82) is 0 Å². The molecule has 1 heterocycles. The fourth-order valence-corrected chi connectivity index (χ4v) is 2.88. The third kappa shape index (κ3) is 5.02. The Labute approximate surface area is 151 Å². The van der Waals surface area contributed by atoms with Crippen molar-refractivity contribution in [2.24, 2.45) is 10.8 Å². The number of hydrogen-bond donors (Lipinski definition) is 1. The molecule has 2 rings (SSSR count). The maximum Gasteiger partial charge on any atom is 0.113 e. The van der Waals surface area contributed by atoms with E-state index in [0.29, 0.717) is 6.54 Å². The first-order valence-corrected chi connectivity index (χ1v) is 8.89. The van der Waals surface area contributed by atoms with E-state index in [-0.39, 0.29) is 10.8 Å². The van der Waals surface area contributed by atoms with Crippen molar-refractivity contribution < 1.29 is 5.11 Å².